The van der Waals surface area contributed by atoms with Gasteiger partial charge in [-0.3, -0.25) is 20.2 Å². The second-order valence-electron chi connectivity index (χ2n) is 5.23. The summed E-state index contributed by atoms with van der Waals surface area (Å²) in [6.07, 6.45) is 1.02. The summed E-state index contributed by atoms with van der Waals surface area (Å²) in [5.41, 5.74) is 0.134. The highest BCUT2D eigenvalue weighted by Gasteiger charge is 2.22. The van der Waals surface area contributed by atoms with Crippen molar-refractivity contribution in [3.8, 4) is 5.75 Å². The number of aromatic nitrogens is 1. The van der Waals surface area contributed by atoms with Gasteiger partial charge >= 0.3 is 11.0 Å². The Balaban J connectivity index is 1.90. The number of nitrogens with zero attached hydrogens (tertiary/aromatic N) is 2. The van der Waals surface area contributed by atoms with Crippen molar-refractivity contribution in [2.45, 2.75) is 0 Å². The highest BCUT2D eigenvalue weighted by molar-refractivity contribution is 7.18. The fraction of sp³-hybridized carbons (Fsp3) is 0. The third-order valence-corrected chi connectivity index (χ3v) is 4.71. The van der Waals surface area contributed by atoms with E-state index in [-0.39, 0.29) is 37.1 Å². The third kappa shape index (κ3) is 4.45. The van der Waals surface area contributed by atoms with Gasteiger partial charge in [0, 0.05) is 5.02 Å². The van der Waals surface area contributed by atoms with Crippen molar-refractivity contribution in [3.05, 3.63) is 79.9 Å². The number of halogens is 2. The van der Waals surface area contributed by atoms with E-state index in [1.807, 2.05) is 0 Å². The molecule has 0 radical (unpaired) electrons. The topological polar surface area (TPSA) is 111 Å². The van der Waals surface area contributed by atoms with Crippen molar-refractivity contribution in [1.82, 2.24) is 4.98 Å². The Hall–Kier alpha value is -3.01. The highest BCUT2D eigenvalue weighted by Crippen LogP contribution is 2.34. The monoisotopic (exact) mass is 437 g/mol. The van der Waals surface area contributed by atoms with Gasteiger partial charge in [-0.15, -0.1) is 0 Å². The zero-order chi connectivity index (χ0) is 20.3. The van der Waals surface area contributed by atoms with E-state index >= 15 is 0 Å². The molecule has 2 aromatic carbocycles. The number of ether oxygens (including phenoxy) is 1. The van der Waals surface area contributed by atoms with Crippen LogP contribution in [0.25, 0.3) is 0 Å². The Bertz CT molecular complexity index is 1070. The summed E-state index contributed by atoms with van der Waals surface area (Å²) in [5, 5.41) is 13.0. The molecule has 1 amide bonds. The minimum absolute atomic E-state index is 0.00636. The summed E-state index contributed by atoms with van der Waals surface area (Å²) < 4.78 is 5.30. The van der Waals surface area contributed by atoms with Crippen LogP contribution in [0.4, 0.5) is 10.1 Å². The van der Waals surface area contributed by atoms with Crippen LogP contribution < -0.4 is 10.1 Å². The van der Waals surface area contributed by atoms with Gasteiger partial charge in [-0.2, -0.15) is 0 Å². The van der Waals surface area contributed by atoms with Crippen molar-refractivity contribution < 1.29 is 19.2 Å². The molecule has 0 saturated heterocycles. The number of nitrogens with one attached hydrogen (secondary N) is 1. The van der Waals surface area contributed by atoms with E-state index in [1.165, 1.54) is 12.1 Å². The van der Waals surface area contributed by atoms with Crippen molar-refractivity contribution in [1.29, 1.82) is 0 Å². The first kappa shape index (κ1) is 19.7. The summed E-state index contributed by atoms with van der Waals surface area (Å²) in [6, 6.07) is 10.7. The van der Waals surface area contributed by atoms with Crippen LogP contribution >= 0.6 is 34.5 Å². The van der Waals surface area contributed by atoms with Gasteiger partial charge in [0.25, 0.3) is 5.91 Å². The number of nitro groups is 1. The first-order valence-corrected chi connectivity index (χ1v) is 9.10. The van der Waals surface area contributed by atoms with Gasteiger partial charge in [0.1, 0.15) is 6.20 Å². The molecule has 0 fully saturated rings. The molecule has 28 heavy (non-hydrogen) atoms. The van der Waals surface area contributed by atoms with E-state index in [1.54, 1.807) is 30.3 Å². The zero-order valence-corrected chi connectivity index (χ0v) is 16.0. The van der Waals surface area contributed by atoms with E-state index < -0.39 is 16.8 Å². The van der Waals surface area contributed by atoms with E-state index in [0.29, 0.717) is 11.3 Å². The molecule has 1 heterocycles. The molecule has 0 atom stereocenters. The fourth-order valence-corrected chi connectivity index (χ4v) is 3.29. The van der Waals surface area contributed by atoms with Crippen LogP contribution in [0.1, 0.15) is 20.7 Å². The molecule has 1 N–H and O–H groups in total. The van der Waals surface area contributed by atoms with Crippen LogP contribution in [0.2, 0.25) is 10.0 Å². The molecular formula is C17H9Cl2N3O5S. The molecule has 3 rings (SSSR count). The average molecular weight is 438 g/mol. The fourth-order valence-electron chi connectivity index (χ4n) is 2.13. The number of carbonyl (C=O) groups excluding carboxylic acids is 2. The lowest BCUT2D eigenvalue weighted by Gasteiger charge is -2.12. The molecule has 0 aliphatic heterocycles. The van der Waals surface area contributed by atoms with Crippen LogP contribution in [0, 0.1) is 10.1 Å². The van der Waals surface area contributed by atoms with E-state index in [9.17, 15) is 19.7 Å². The van der Waals surface area contributed by atoms with E-state index in [0.717, 1.165) is 6.20 Å². The van der Waals surface area contributed by atoms with Crippen LogP contribution in [0.5, 0.6) is 5.75 Å². The Morgan fingerprint density at radius 2 is 1.89 bits per heavy atom. The molecule has 1 aromatic heterocycles. The van der Waals surface area contributed by atoms with E-state index in [4.69, 9.17) is 27.9 Å². The maximum absolute atomic E-state index is 12.6. The summed E-state index contributed by atoms with van der Waals surface area (Å²) in [6.45, 7) is 0. The van der Waals surface area contributed by atoms with Crippen molar-refractivity contribution in [3.63, 3.8) is 0 Å². The Labute approximate surface area is 171 Å². The minimum Gasteiger partial charge on any atom is -0.420 e. The minimum atomic E-state index is -0.746. The lowest BCUT2D eigenvalue weighted by molar-refractivity contribution is -0.380. The van der Waals surface area contributed by atoms with Gasteiger partial charge in [0.15, 0.2) is 10.9 Å². The second kappa shape index (κ2) is 8.34. The zero-order valence-electron chi connectivity index (χ0n) is 13.7. The number of hydrogen-bond acceptors (Lipinski definition) is 7. The first-order chi connectivity index (χ1) is 13.3. The van der Waals surface area contributed by atoms with Crippen LogP contribution in [0.15, 0.2) is 48.7 Å². The number of rotatable bonds is 5. The third-order valence-electron chi connectivity index (χ3n) is 3.35. The van der Waals surface area contributed by atoms with Crippen LogP contribution in [-0.4, -0.2) is 21.8 Å². The molecule has 0 saturated carbocycles. The van der Waals surface area contributed by atoms with Crippen molar-refractivity contribution in [2.75, 3.05) is 5.32 Å². The molecule has 8 nitrogen and oxygen atoms in total. The molecule has 0 spiro atoms. The van der Waals surface area contributed by atoms with Gasteiger partial charge in [-0.05, 0) is 35.6 Å². The predicted octanol–water partition coefficient (Wildman–Crippen LogP) is 4.83. The summed E-state index contributed by atoms with van der Waals surface area (Å²) >= 11 is 12.7. The van der Waals surface area contributed by atoms with Gasteiger partial charge < -0.3 is 4.74 Å². The molecule has 11 heteroatoms. The lowest BCUT2D eigenvalue weighted by atomic mass is 10.1. The number of carbonyl (C=O) groups is 2. The summed E-state index contributed by atoms with van der Waals surface area (Å²) in [4.78, 5) is 38.8. The average Bonchev–Trinajstić information content (AvgIpc) is 3.13. The normalized spacial score (nSPS) is 10.4. The largest absolute Gasteiger partial charge is 0.420 e. The number of amides is 1. The molecular weight excluding hydrogens is 429 g/mol. The number of esters is 1. The molecule has 3 aromatic rings. The van der Waals surface area contributed by atoms with Crippen LogP contribution in [-0.2, 0) is 0 Å². The van der Waals surface area contributed by atoms with Gasteiger partial charge in [0.05, 0.1) is 21.1 Å². The molecule has 0 aliphatic rings. The van der Waals surface area contributed by atoms with Gasteiger partial charge in [-0.25, -0.2) is 9.78 Å². The van der Waals surface area contributed by atoms with Crippen LogP contribution in [0.3, 0.4) is 0 Å². The number of anilines is 1. The van der Waals surface area contributed by atoms with Gasteiger partial charge in [0.2, 0.25) is 0 Å². The molecule has 0 bridgehead atoms. The smallest absolute Gasteiger partial charge is 0.345 e. The Kier molecular flexibility index (Phi) is 5.88. The first-order valence-electron chi connectivity index (χ1n) is 7.53. The summed E-state index contributed by atoms with van der Waals surface area (Å²) in [7, 11) is 0. The predicted molar refractivity (Wildman–Crippen MR) is 105 cm³/mol. The quantitative estimate of drug-likeness (QED) is 0.264. The van der Waals surface area contributed by atoms with Crippen molar-refractivity contribution >= 4 is 56.5 Å². The summed E-state index contributed by atoms with van der Waals surface area (Å²) in [5.74, 6) is -1.66. The SMILES string of the molecule is O=C(Oc1c(Cl)cc(Cl)cc1C(=O)Nc1ncc([N+](=O)[O-])s1)c1ccccc1. The Morgan fingerprint density at radius 1 is 1.18 bits per heavy atom. The molecule has 0 aliphatic carbocycles. The molecule has 0 unspecified atom stereocenters. The van der Waals surface area contributed by atoms with Gasteiger partial charge in [-0.1, -0.05) is 41.4 Å². The maximum atomic E-state index is 12.6. The van der Waals surface area contributed by atoms with Crippen molar-refractivity contribution in [2.24, 2.45) is 0 Å². The highest BCUT2D eigenvalue weighted by atomic mass is 35.5. The maximum Gasteiger partial charge on any atom is 0.345 e. The number of hydrogen-bond donors (Lipinski definition) is 1. The number of thiazole rings is 1. The Morgan fingerprint density at radius 3 is 2.54 bits per heavy atom. The molecule has 142 valence electrons. The van der Waals surface area contributed by atoms with E-state index in [2.05, 4.69) is 10.3 Å². The number of benzene rings is 2. The second-order valence-corrected chi connectivity index (χ2v) is 7.09. The lowest BCUT2D eigenvalue weighted by Crippen LogP contribution is -2.16. The standard InChI is InChI=1S/C17H9Cl2N3O5S/c18-10-6-11(15(23)21-17-20-8-13(28-17)22(25)26)14(12(19)7-10)27-16(24)9-4-2-1-3-5-9/h1-8H,(H,20,21,23).